The lowest BCUT2D eigenvalue weighted by molar-refractivity contribution is -0.116. The lowest BCUT2D eigenvalue weighted by Crippen LogP contribution is -2.37. The molecule has 0 aromatic heterocycles. The summed E-state index contributed by atoms with van der Waals surface area (Å²) >= 11 is 23.8. The van der Waals surface area contributed by atoms with Gasteiger partial charge >= 0.3 is 0 Å². The molecule has 0 atom stereocenters. The zero-order valence-corrected chi connectivity index (χ0v) is 20.0. The summed E-state index contributed by atoms with van der Waals surface area (Å²) in [6.45, 7) is -1.08. The van der Waals surface area contributed by atoms with E-state index in [4.69, 9.17) is 46.4 Å². The Labute approximate surface area is 204 Å². The van der Waals surface area contributed by atoms with Crippen LogP contribution in [0.4, 0.5) is 10.1 Å². The Morgan fingerprint density at radius 3 is 2.22 bits per heavy atom. The van der Waals surface area contributed by atoms with Crippen molar-refractivity contribution >= 4 is 68.0 Å². The summed E-state index contributed by atoms with van der Waals surface area (Å²) in [6.07, 6.45) is 0. The van der Waals surface area contributed by atoms with E-state index in [9.17, 15) is 17.6 Å². The highest BCUT2D eigenvalue weighted by molar-refractivity contribution is 7.89. The largest absolute Gasteiger partial charge is 0.325 e. The SMILES string of the molecule is O=C(CN(Cc1c(F)cccc1Cl)S(=O)(=O)c1ccc(Cl)cc1)Nc1ccc(Cl)c(Cl)c1. The quantitative estimate of drug-likeness (QED) is 0.387. The second-order valence-electron chi connectivity index (χ2n) is 6.60. The first-order valence-electron chi connectivity index (χ1n) is 9.01. The van der Waals surface area contributed by atoms with Crippen LogP contribution in [0.2, 0.25) is 20.1 Å². The topological polar surface area (TPSA) is 66.5 Å². The average molecular weight is 536 g/mol. The van der Waals surface area contributed by atoms with Crippen LogP contribution in [0.1, 0.15) is 5.56 Å². The molecule has 168 valence electrons. The molecule has 1 N–H and O–H groups in total. The normalized spacial score (nSPS) is 11.6. The molecule has 0 fully saturated rings. The van der Waals surface area contributed by atoms with E-state index in [1.807, 2.05) is 0 Å². The number of nitrogens with zero attached hydrogens (tertiary/aromatic N) is 1. The van der Waals surface area contributed by atoms with Gasteiger partial charge in [0.1, 0.15) is 5.82 Å². The van der Waals surface area contributed by atoms with E-state index in [1.54, 1.807) is 0 Å². The monoisotopic (exact) mass is 534 g/mol. The van der Waals surface area contributed by atoms with E-state index in [0.717, 1.165) is 10.4 Å². The smallest absolute Gasteiger partial charge is 0.243 e. The van der Waals surface area contributed by atoms with E-state index >= 15 is 0 Å². The van der Waals surface area contributed by atoms with Gasteiger partial charge < -0.3 is 5.32 Å². The molecule has 0 spiro atoms. The number of halogens is 5. The van der Waals surface area contributed by atoms with E-state index in [2.05, 4.69) is 5.32 Å². The zero-order chi connectivity index (χ0) is 23.5. The first-order chi connectivity index (χ1) is 15.1. The predicted octanol–water partition coefficient (Wildman–Crippen LogP) is 6.27. The Morgan fingerprint density at radius 1 is 0.906 bits per heavy atom. The number of carbonyl (C=O) groups is 1. The summed E-state index contributed by atoms with van der Waals surface area (Å²) in [7, 11) is -4.21. The number of carbonyl (C=O) groups excluding carboxylic acids is 1. The minimum absolute atomic E-state index is 0.0335. The Morgan fingerprint density at radius 2 is 1.59 bits per heavy atom. The summed E-state index contributed by atoms with van der Waals surface area (Å²) < 4.78 is 41.7. The number of benzene rings is 3. The number of rotatable bonds is 7. The first kappa shape index (κ1) is 24.8. The van der Waals surface area contributed by atoms with Crippen molar-refractivity contribution in [3.05, 3.63) is 92.1 Å². The highest BCUT2D eigenvalue weighted by Crippen LogP contribution is 2.27. The van der Waals surface area contributed by atoms with Crippen LogP contribution in [0.25, 0.3) is 0 Å². The standard InChI is InChI=1S/C21H15Cl4FN2O3S/c22-13-4-7-15(8-5-13)32(30,31)28(11-16-17(23)2-1-3-20(16)26)12-21(29)27-14-6-9-18(24)19(25)10-14/h1-10H,11-12H2,(H,27,29). The minimum atomic E-state index is -4.21. The Bertz CT molecular complexity index is 1230. The van der Waals surface area contributed by atoms with Crippen LogP contribution in [0.3, 0.4) is 0 Å². The predicted molar refractivity (Wildman–Crippen MR) is 126 cm³/mol. The molecule has 3 aromatic rings. The Kier molecular flexibility index (Phi) is 8.03. The molecule has 5 nitrogen and oxygen atoms in total. The zero-order valence-electron chi connectivity index (χ0n) is 16.2. The second-order valence-corrected chi connectivity index (χ2v) is 10.2. The Hall–Kier alpha value is -1.87. The van der Waals surface area contributed by atoms with E-state index < -0.39 is 34.8 Å². The second kappa shape index (κ2) is 10.4. The molecule has 0 saturated heterocycles. The highest BCUT2D eigenvalue weighted by Gasteiger charge is 2.28. The lowest BCUT2D eigenvalue weighted by Gasteiger charge is -2.23. The molecule has 0 heterocycles. The maximum Gasteiger partial charge on any atom is 0.243 e. The van der Waals surface area contributed by atoms with Gasteiger partial charge in [-0.25, -0.2) is 12.8 Å². The summed E-state index contributed by atoms with van der Waals surface area (Å²) in [5.41, 5.74) is 0.256. The third-order valence-electron chi connectivity index (χ3n) is 4.37. The highest BCUT2D eigenvalue weighted by atomic mass is 35.5. The van der Waals surface area contributed by atoms with Gasteiger partial charge in [0.15, 0.2) is 0 Å². The molecule has 0 aliphatic heterocycles. The third kappa shape index (κ3) is 5.92. The molecule has 32 heavy (non-hydrogen) atoms. The van der Waals surface area contributed by atoms with Crippen molar-refractivity contribution in [2.45, 2.75) is 11.4 Å². The minimum Gasteiger partial charge on any atom is -0.325 e. The number of amides is 1. The van der Waals surface area contributed by atoms with Crippen LogP contribution in [0.15, 0.2) is 65.6 Å². The van der Waals surface area contributed by atoms with Crippen molar-refractivity contribution in [1.82, 2.24) is 4.31 Å². The van der Waals surface area contributed by atoms with Crippen molar-refractivity contribution < 1.29 is 17.6 Å². The molecule has 11 heteroatoms. The number of hydrogen-bond donors (Lipinski definition) is 1. The fourth-order valence-electron chi connectivity index (χ4n) is 2.78. The van der Waals surface area contributed by atoms with E-state index in [1.165, 1.54) is 54.6 Å². The third-order valence-corrected chi connectivity index (χ3v) is 7.52. The van der Waals surface area contributed by atoms with Crippen molar-refractivity contribution in [2.24, 2.45) is 0 Å². The molecular formula is C21H15Cl4FN2O3S. The van der Waals surface area contributed by atoms with Crippen LogP contribution in [-0.4, -0.2) is 25.2 Å². The van der Waals surface area contributed by atoms with Crippen molar-refractivity contribution in [3.8, 4) is 0 Å². The molecule has 0 saturated carbocycles. The van der Waals surface area contributed by atoms with E-state index in [0.29, 0.717) is 15.7 Å². The summed E-state index contributed by atoms with van der Waals surface area (Å²) in [5, 5.41) is 3.44. The lowest BCUT2D eigenvalue weighted by atomic mass is 10.2. The first-order valence-corrected chi connectivity index (χ1v) is 12.0. The molecular weight excluding hydrogens is 521 g/mol. The molecule has 0 radical (unpaired) electrons. The summed E-state index contributed by atoms with van der Waals surface area (Å²) in [6, 6.07) is 13.8. The molecule has 1 amide bonds. The van der Waals surface area contributed by atoms with Gasteiger partial charge in [-0.15, -0.1) is 0 Å². The molecule has 0 aliphatic carbocycles. The number of hydrogen-bond acceptors (Lipinski definition) is 3. The molecule has 0 bridgehead atoms. The maximum atomic E-state index is 14.4. The maximum absolute atomic E-state index is 14.4. The molecule has 3 aromatic carbocycles. The van der Waals surface area contributed by atoms with Gasteiger partial charge in [-0.2, -0.15) is 4.31 Å². The average Bonchev–Trinajstić information content (AvgIpc) is 2.73. The van der Waals surface area contributed by atoms with Crippen molar-refractivity contribution in [2.75, 3.05) is 11.9 Å². The van der Waals surface area contributed by atoms with Crippen LogP contribution >= 0.6 is 46.4 Å². The number of nitrogens with one attached hydrogen (secondary N) is 1. The van der Waals surface area contributed by atoms with Gasteiger partial charge in [0.2, 0.25) is 15.9 Å². The molecule has 0 aliphatic rings. The van der Waals surface area contributed by atoms with Gasteiger partial charge in [0, 0.05) is 27.8 Å². The molecule has 0 unspecified atom stereocenters. The summed E-state index contributed by atoms with van der Waals surface area (Å²) in [5.74, 6) is -1.37. The fourth-order valence-corrected chi connectivity index (χ4v) is 4.79. The number of sulfonamides is 1. The van der Waals surface area contributed by atoms with E-state index in [-0.39, 0.29) is 20.5 Å². The molecule has 3 rings (SSSR count). The van der Waals surface area contributed by atoms with Crippen LogP contribution < -0.4 is 5.32 Å². The van der Waals surface area contributed by atoms with Gasteiger partial charge in [0.25, 0.3) is 0 Å². The fraction of sp³-hybridized carbons (Fsp3) is 0.0952. The summed E-state index contributed by atoms with van der Waals surface area (Å²) in [4.78, 5) is 12.6. The van der Waals surface area contributed by atoms with Gasteiger partial charge in [0.05, 0.1) is 21.5 Å². The van der Waals surface area contributed by atoms with Crippen LogP contribution in [-0.2, 0) is 21.4 Å². The van der Waals surface area contributed by atoms with Crippen molar-refractivity contribution in [1.29, 1.82) is 0 Å². The van der Waals surface area contributed by atoms with Gasteiger partial charge in [-0.05, 0) is 54.6 Å². The van der Waals surface area contributed by atoms with Gasteiger partial charge in [-0.3, -0.25) is 4.79 Å². The van der Waals surface area contributed by atoms with Crippen LogP contribution in [0, 0.1) is 5.82 Å². The Balaban J connectivity index is 1.93. The van der Waals surface area contributed by atoms with Crippen molar-refractivity contribution in [3.63, 3.8) is 0 Å². The van der Waals surface area contributed by atoms with Crippen LogP contribution in [0.5, 0.6) is 0 Å². The number of anilines is 1. The van der Waals surface area contributed by atoms with Gasteiger partial charge in [-0.1, -0.05) is 52.5 Å².